The van der Waals surface area contributed by atoms with Crippen LogP contribution in [0.25, 0.3) is 0 Å². The molecule has 1 aliphatic carbocycles. The van der Waals surface area contributed by atoms with E-state index in [4.69, 9.17) is 9.68 Å². The van der Waals surface area contributed by atoms with E-state index in [1.54, 1.807) is 0 Å². The molecule has 0 aromatic heterocycles. The van der Waals surface area contributed by atoms with Crippen molar-refractivity contribution in [1.82, 2.24) is 5.32 Å². The fourth-order valence-electron chi connectivity index (χ4n) is 6.68. The van der Waals surface area contributed by atoms with E-state index in [1.807, 2.05) is 121 Å². The Labute approximate surface area is 271 Å². The van der Waals surface area contributed by atoms with Crippen molar-refractivity contribution in [3.05, 3.63) is 144 Å². The maximum absolute atomic E-state index is 13.0. The minimum atomic E-state index is -0.600. The van der Waals surface area contributed by atoms with Gasteiger partial charge in [0.2, 0.25) is 0 Å². The number of benzene rings is 4. The van der Waals surface area contributed by atoms with Crippen LogP contribution in [-0.4, -0.2) is 29.5 Å². The zero-order chi connectivity index (χ0) is 32.4. The molecule has 7 nitrogen and oxygen atoms in total. The Hall–Kier alpha value is -5.04. The van der Waals surface area contributed by atoms with Crippen LogP contribution < -0.4 is 5.32 Å². The number of nitrogens with one attached hydrogen (secondary N) is 1. The first kappa shape index (κ1) is 32.4. The normalized spacial score (nSPS) is 18.5. The van der Waals surface area contributed by atoms with Crippen molar-refractivity contribution >= 4 is 23.5 Å². The van der Waals surface area contributed by atoms with Crippen molar-refractivity contribution in [2.45, 2.75) is 58.9 Å². The molecule has 0 heterocycles. The standard InChI is InChI=1S/C39H41N3O4/c1-38(2)26-33(40-37(44)46-42-36(31-20-12-6-13-21-31)32-22-14-7-15-23-32)27-39(3,28-38)25-24-34(43)45-41-35(29-16-8-4-9-17-29)30-18-10-5-11-19-30/h4-23,33H,24-28H2,1-3H3,(H,40,44). The molecule has 0 aliphatic heterocycles. The molecule has 2 atom stereocenters. The van der Waals surface area contributed by atoms with E-state index in [0.29, 0.717) is 24.3 Å². The van der Waals surface area contributed by atoms with Gasteiger partial charge in [-0.3, -0.25) is 4.84 Å². The predicted octanol–water partition coefficient (Wildman–Crippen LogP) is 8.53. The van der Waals surface area contributed by atoms with Crippen molar-refractivity contribution < 1.29 is 19.3 Å². The van der Waals surface area contributed by atoms with Crippen LogP contribution in [0.1, 0.15) is 75.1 Å². The van der Waals surface area contributed by atoms with Crippen molar-refractivity contribution in [2.24, 2.45) is 21.1 Å². The summed E-state index contributed by atoms with van der Waals surface area (Å²) in [4.78, 5) is 36.9. The summed E-state index contributed by atoms with van der Waals surface area (Å²) in [5.74, 6) is -0.387. The summed E-state index contributed by atoms with van der Waals surface area (Å²) in [6.07, 6.45) is 2.62. The molecule has 1 amide bonds. The van der Waals surface area contributed by atoms with Crippen LogP contribution in [-0.2, 0) is 14.5 Å². The second kappa shape index (κ2) is 14.8. The molecule has 1 fully saturated rings. The lowest BCUT2D eigenvalue weighted by Crippen LogP contribution is -2.47. The number of oxime groups is 2. The third-order valence-corrected chi connectivity index (χ3v) is 8.35. The Morgan fingerprint density at radius 2 is 1.07 bits per heavy atom. The second-order valence-electron chi connectivity index (χ2n) is 13.1. The third kappa shape index (κ3) is 9.00. The summed E-state index contributed by atoms with van der Waals surface area (Å²) in [6.45, 7) is 6.56. The van der Waals surface area contributed by atoms with Crippen molar-refractivity contribution in [2.75, 3.05) is 0 Å². The highest BCUT2D eigenvalue weighted by molar-refractivity contribution is 6.13. The minimum absolute atomic E-state index is 0.0523. The number of carbonyl (C=O) groups excluding carboxylic acids is 2. The summed E-state index contributed by atoms with van der Waals surface area (Å²) in [5.41, 5.74) is 4.37. The fourth-order valence-corrected chi connectivity index (χ4v) is 6.68. The quantitative estimate of drug-likeness (QED) is 0.110. The largest absolute Gasteiger partial charge is 0.433 e. The average molecular weight is 616 g/mol. The van der Waals surface area contributed by atoms with Gasteiger partial charge in [0.05, 0.1) is 0 Å². The Morgan fingerprint density at radius 3 is 1.50 bits per heavy atom. The first-order valence-corrected chi connectivity index (χ1v) is 15.7. The maximum Gasteiger partial charge on any atom is 0.433 e. The lowest BCUT2D eigenvalue weighted by Gasteiger charge is -2.46. The lowest BCUT2D eigenvalue weighted by atomic mass is 9.61. The summed E-state index contributed by atoms with van der Waals surface area (Å²) in [5, 5.41) is 11.6. The Balaban J connectivity index is 1.22. The molecule has 236 valence electrons. The molecule has 1 aliphatic rings. The van der Waals surface area contributed by atoms with Gasteiger partial charge in [-0.05, 0) is 36.5 Å². The Morgan fingerprint density at radius 1 is 0.652 bits per heavy atom. The number of amides is 1. The summed E-state index contributed by atoms with van der Waals surface area (Å²) >= 11 is 0. The summed E-state index contributed by atoms with van der Waals surface area (Å²) in [7, 11) is 0. The van der Waals surface area contributed by atoms with Crippen LogP contribution in [0.2, 0.25) is 0 Å². The van der Waals surface area contributed by atoms with E-state index >= 15 is 0 Å². The van der Waals surface area contributed by atoms with Gasteiger partial charge >= 0.3 is 12.1 Å². The van der Waals surface area contributed by atoms with Crippen molar-refractivity contribution in [3.8, 4) is 0 Å². The van der Waals surface area contributed by atoms with Gasteiger partial charge < -0.3 is 10.2 Å². The molecule has 0 radical (unpaired) electrons. The highest BCUT2D eigenvalue weighted by atomic mass is 16.7. The van der Waals surface area contributed by atoms with E-state index in [1.165, 1.54) is 0 Å². The monoisotopic (exact) mass is 615 g/mol. The lowest BCUT2D eigenvalue weighted by molar-refractivity contribution is -0.144. The Kier molecular flexibility index (Phi) is 10.4. The van der Waals surface area contributed by atoms with Crippen LogP contribution >= 0.6 is 0 Å². The number of hydrogen-bond acceptors (Lipinski definition) is 6. The Bertz CT molecular complexity index is 1570. The average Bonchev–Trinajstić information content (AvgIpc) is 3.05. The SMILES string of the molecule is CC1(C)CC(NC(=O)ON=C(c2ccccc2)c2ccccc2)CC(C)(CCC(=O)ON=C(c2ccccc2)c2ccccc2)C1. The number of carbonyl (C=O) groups is 2. The van der Waals surface area contributed by atoms with Crippen LogP contribution in [0.3, 0.4) is 0 Å². The van der Waals surface area contributed by atoms with Gasteiger partial charge in [0.1, 0.15) is 11.4 Å². The molecular formula is C39H41N3O4. The van der Waals surface area contributed by atoms with Crippen LogP contribution in [0.5, 0.6) is 0 Å². The highest BCUT2D eigenvalue weighted by Crippen LogP contribution is 2.48. The van der Waals surface area contributed by atoms with E-state index < -0.39 is 6.09 Å². The van der Waals surface area contributed by atoms with Gasteiger partial charge in [0, 0.05) is 34.7 Å². The molecule has 46 heavy (non-hydrogen) atoms. The maximum atomic E-state index is 13.0. The van der Waals surface area contributed by atoms with E-state index in [0.717, 1.165) is 35.1 Å². The molecule has 1 saturated carbocycles. The van der Waals surface area contributed by atoms with Crippen LogP contribution in [0.15, 0.2) is 132 Å². The molecule has 4 aromatic rings. The highest BCUT2D eigenvalue weighted by Gasteiger charge is 2.42. The molecular weight excluding hydrogens is 574 g/mol. The third-order valence-electron chi connectivity index (χ3n) is 8.35. The van der Waals surface area contributed by atoms with Gasteiger partial charge in [0.15, 0.2) is 0 Å². The molecule has 5 rings (SSSR count). The zero-order valence-corrected chi connectivity index (χ0v) is 26.7. The summed E-state index contributed by atoms with van der Waals surface area (Å²) < 4.78 is 0. The van der Waals surface area contributed by atoms with E-state index in [-0.39, 0.29) is 29.3 Å². The smallest absolute Gasteiger partial charge is 0.318 e. The molecule has 2 unspecified atom stereocenters. The molecule has 4 aromatic carbocycles. The topological polar surface area (TPSA) is 89.3 Å². The molecule has 1 N–H and O–H groups in total. The first-order chi connectivity index (χ1) is 22.2. The minimum Gasteiger partial charge on any atom is -0.318 e. The van der Waals surface area contributed by atoms with E-state index in [9.17, 15) is 9.59 Å². The molecule has 0 saturated heterocycles. The fraction of sp³-hybridized carbons (Fsp3) is 0.282. The van der Waals surface area contributed by atoms with Crippen molar-refractivity contribution in [1.29, 1.82) is 0 Å². The van der Waals surface area contributed by atoms with Gasteiger partial charge in [-0.25, -0.2) is 9.59 Å². The van der Waals surface area contributed by atoms with E-state index in [2.05, 4.69) is 36.4 Å². The zero-order valence-electron chi connectivity index (χ0n) is 26.7. The summed E-state index contributed by atoms with van der Waals surface area (Å²) in [6, 6.07) is 38.5. The number of hydrogen-bond donors (Lipinski definition) is 1. The van der Waals surface area contributed by atoms with Gasteiger partial charge in [-0.15, -0.1) is 0 Å². The van der Waals surface area contributed by atoms with Gasteiger partial charge in [-0.2, -0.15) is 0 Å². The van der Waals surface area contributed by atoms with Gasteiger partial charge in [-0.1, -0.05) is 152 Å². The first-order valence-electron chi connectivity index (χ1n) is 15.7. The van der Waals surface area contributed by atoms with Gasteiger partial charge in [0.25, 0.3) is 0 Å². The molecule has 0 bridgehead atoms. The van der Waals surface area contributed by atoms with Crippen molar-refractivity contribution in [3.63, 3.8) is 0 Å². The van der Waals surface area contributed by atoms with Crippen LogP contribution in [0, 0.1) is 10.8 Å². The molecule has 7 heteroatoms. The second-order valence-corrected chi connectivity index (χ2v) is 13.1. The predicted molar refractivity (Wildman–Crippen MR) is 182 cm³/mol. The number of nitrogens with zero attached hydrogens (tertiary/aromatic N) is 2. The van der Waals surface area contributed by atoms with Crippen LogP contribution in [0.4, 0.5) is 4.79 Å². The number of rotatable bonds is 10. The molecule has 0 spiro atoms.